The van der Waals surface area contributed by atoms with Crippen LogP contribution in [0.25, 0.3) is 0 Å². The zero-order valence-corrected chi connectivity index (χ0v) is 15.1. The van der Waals surface area contributed by atoms with Gasteiger partial charge in [-0.1, -0.05) is 51.8 Å². The van der Waals surface area contributed by atoms with Gasteiger partial charge in [-0.05, 0) is 43.1 Å². The molecule has 0 radical (unpaired) electrons. The van der Waals surface area contributed by atoms with E-state index in [9.17, 15) is 5.11 Å². The molecule has 1 aliphatic carbocycles. The lowest BCUT2D eigenvalue weighted by atomic mass is 9.60. The fourth-order valence-electron chi connectivity index (χ4n) is 3.76. The summed E-state index contributed by atoms with van der Waals surface area (Å²) in [5.41, 5.74) is 1.12. The summed E-state index contributed by atoms with van der Waals surface area (Å²) < 4.78 is 6.44. The van der Waals surface area contributed by atoms with Gasteiger partial charge < -0.3 is 9.84 Å². The normalized spacial score (nSPS) is 42.2. The first-order valence-electron chi connectivity index (χ1n) is 7.03. The van der Waals surface area contributed by atoms with Crippen molar-refractivity contribution in [1.29, 1.82) is 0 Å². The minimum Gasteiger partial charge on any atom is -0.392 e. The van der Waals surface area contributed by atoms with Crippen LogP contribution in [0.4, 0.5) is 0 Å². The van der Waals surface area contributed by atoms with Crippen LogP contribution in [0.1, 0.15) is 40.0 Å². The summed E-state index contributed by atoms with van der Waals surface area (Å²) in [6.45, 7) is 7.01. The molecule has 0 aromatic heterocycles. The summed E-state index contributed by atoms with van der Waals surface area (Å²) in [6.07, 6.45) is 5.42. The molecule has 1 N–H and O–H groups in total. The maximum absolute atomic E-state index is 9.54. The molecule has 0 aromatic carbocycles. The molecular weight excluding hydrogens is 372 g/mol. The van der Waals surface area contributed by atoms with Crippen LogP contribution in [0.5, 0.6) is 0 Å². The Bertz CT molecular complexity index is 367. The summed E-state index contributed by atoms with van der Waals surface area (Å²) in [5.74, 6) is 0.476. The van der Waals surface area contributed by atoms with Crippen molar-refractivity contribution in [2.75, 3.05) is 11.9 Å². The van der Waals surface area contributed by atoms with Gasteiger partial charge in [0.25, 0.3) is 0 Å². The second-order valence-corrected chi connectivity index (χ2v) is 8.38. The van der Waals surface area contributed by atoms with Crippen molar-refractivity contribution in [3.63, 3.8) is 0 Å². The Morgan fingerprint density at radius 2 is 2.11 bits per heavy atom. The van der Waals surface area contributed by atoms with Gasteiger partial charge in [-0.2, -0.15) is 0 Å². The lowest BCUT2D eigenvalue weighted by Crippen LogP contribution is -2.53. The van der Waals surface area contributed by atoms with Crippen LogP contribution in [0.3, 0.4) is 0 Å². The first-order valence-corrected chi connectivity index (χ1v) is 9.06. The van der Waals surface area contributed by atoms with Gasteiger partial charge >= 0.3 is 0 Å². The molecule has 1 heterocycles. The number of alkyl halides is 2. The average molecular weight is 396 g/mol. The number of rotatable bonds is 2. The molecule has 1 saturated carbocycles. The minimum absolute atomic E-state index is 0.00248. The maximum atomic E-state index is 9.54. The molecule has 2 nitrogen and oxygen atoms in total. The van der Waals surface area contributed by atoms with E-state index in [2.05, 4.69) is 58.7 Å². The highest BCUT2D eigenvalue weighted by Gasteiger charge is 2.52. The standard InChI is InChI=1S/C15H24Br2O2/c1-14(2)12-5-4-10(9-18)11(8-16)19-15(12,3)7-6-13(14)17/h4,11-13,18H,5-9H2,1-3H3/t11-,12-,13-,15-/m0/s1. The Labute approximate surface area is 133 Å². The second-order valence-electron chi connectivity index (χ2n) is 6.63. The lowest BCUT2D eigenvalue weighted by Gasteiger charge is -2.52. The molecule has 4 heteroatoms. The van der Waals surface area contributed by atoms with E-state index in [1.807, 2.05) is 0 Å². The fraction of sp³-hybridized carbons (Fsp3) is 0.867. The van der Waals surface area contributed by atoms with Crippen LogP contribution < -0.4 is 0 Å². The summed E-state index contributed by atoms with van der Waals surface area (Å²) in [6, 6.07) is 0. The first kappa shape index (κ1) is 16.0. The molecule has 0 amide bonds. The van der Waals surface area contributed by atoms with Crippen LogP contribution in [-0.2, 0) is 4.74 Å². The van der Waals surface area contributed by atoms with E-state index in [-0.39, 0.29) is 23.7 Å². The number of ether oxygens (including phenoxy) is 1. The van der Waals surface area contributed by atoms with Crippen LogP contribution >= 0.6 is 31.9 Å². The largest absolute Gasteiger partial charge is 0.392 e. The van der Waals surface area contributed by atoms with Crippen LogP contribution in [0.2, 0.25) is 0 Å². The van der Waals surface area contributed by atoms with Crippen LogP contribution in [0.15, 0.2) is 11.6 Å². The van der Waals surface area contributed by atoms with E-state index in [4.69, 9.17) is 4.74 Å². The van der Waals surface area contributed by atoms with Gasteiger partial charge in [0, 0.05) is 10.2 Å². The van der Waals surface area contributed by atoms with Crippen LogP contribution in [0, 0.1) is 11.3 Å². The van der Waals surface area contributed by atoms with Crippen molar-refractivity contribution in [2.24, 2.45) is 11.3 Å². The van der Waals surface area contributed by atoms with Crippen molar-refractivity contribution in [3.8, 4) is 0 Å². The number of allylic oxidation sites excluding steroid dienone is 1. The average Bonchev–Trinajstić information content (AvgIpc) is 2.51. The first-order chi connectivity index (χ1) is 8.85. The van der Waals surface area contributed by atoms with Gasteiger partial charge in [-0.25, -0.2) is 0 Å². The second kappa shape index (κ2) is 5.78. The predicted octanol–water partition coefficient (Wildman–Crippen LogP) is 4.05. The Hall–Kier alpha value is 0.620. The molecule has 0 unspecified atom stereocenters. The van der Waals surface area contributed by atoms with E-state index in [1.165, 1.54) is 0 Å². The van der Waals surface area contributed by atoms with Gasteiger partial charge in [0.2, 0.25) is 0 Å². The highest BCUT2D eigenvalue weighted by atomic mass is 79.9. The number of halogens is 2. The molecule has 2 aliphatic rings. The van der Waals surface area contributed by atoms with Gasteiger partial charge in [-0.3, -0.25) is 0 Å². The lowest BCUT2D eigenvalue weighted by molar-refractivity contribution is -0.143. The fourth-order valence-corrected chi connectivity index (χ4v) is 4.85. The molecule has 0 spiro atoms. The third kappa shape index (κ3) is 2.83. The van der Waals surface area contributed by atoms with E-state index in [1.54, 1.807) is 0 Å². The Morgan fingerprint density at radius 3 is 2.68 bits per heavy atom. The Kier molecular flexibility index (Phi) is 4.87. The quantitative estimate of drug-likeness (QED) is 0.564. The minimum atomic E-state index is -0.0976. The zero-order valence-electron chi connectivity index (χ0n) is 12.0. The highest BCUT2D eigenvalue weighted by Crippen LogP contribution is 2.53. The zero-order chi connectivity index (χ0) is 14.3. The summed E-state index contributed by atoms with van der Waals surface area (Å²) in [5, 5.41) is 10.3. The van der Waals surface area contributed by atoms with Crippen molar-refractivity contribution in [1.82, 2.24) is 0 Å². The Balaban J connectivity index is 2.34. The maximum Gasteiger partial charge on any atom is 0.0911 e. The number of aliphatic hydroxyl groups excluding tert-OH is 1. The molecule has 19 heavy (non-hydrogen) atoms. The summed E-state index contributed by atoms with van der Waals surface area (Å²) in [7, 11) is 0. The SMILES string of the molecule is CC1(C)[C@@H](Br)CC[C@]2(C)O[C@@H](CBr)C(CO)=CC[C@@H]12. The van der Waals surface area contributed by atoms with Crippen molar-refractivity contribution in [2.45, 2.75) is 56.6 Å². The summed E-state index contributed by atoms with van der Waals surface area (Å²) >= 11 is 7.37. The molecule has 4 atom stereocenters. The van der Waals surface area contributed by atoms with Gasteiger partial charge in [0.15, 0.2) is 0 Å². The molecule has 0 bridgehead atoms. The van der Waals surface area contributed by atoms with Gasteiger partial charge in [0.1, 0.15) is 0 Å². The van der Waals surface area contributed by atoms with Crippen molar-refractivity contribution in [3.05, 3.63) is 11.6 Å². The molecule has 0 saturated heterocycles. The molecule has 1 fully saturated rings. The van der Waals surface area contributed by atoms with E-state index >= 15 is 0 Å². The highest BCUT2D eigenvalue weighted by molar-refractivity contribution is 9.09. The topological polar surface area (TPSA) is 29.5 Å². The number of hydrogen-bond donors (Lipinski definition) is 1. The third-order valence-corrected chi connectivity index (χ3v) is 7.33. The number of hydrogen-bond acceptors (Lipinski definition) is 2. The van der Waals surface area contributed by atoms with Crippen molar-refractivity contribution < 1.29 is 9.84 Å². The van der Waals surface area contributed by atoms with E-state index in [0.717, 1.165) is 30.2 Å². The molecule has 1 aliphatic heterocycles. The van der Waals surface area contributed by atoms with Gasteiger partial charge in [-0.15, -0.1) is 0 Å². The molecule has 0 aromatic rings. The van der Waals surface area contributed by atoms with Gasteiger partial charge in [0.05, 0.1) is 18.3 Å². The Morgan fingerprint density at radius 1 is 1.42 bits per heavy atom. The van der Waals surface area contributed by atoms with E-state index < -0.39 is 0 Å². The predicted molar refractivity (Wildman–Crippen MR) is 86.1 cm³/mol. The van der Waals surface area contributed by atoms with E-state index in [0.29, 0.717) is 10.7 Å². The third-order valence-electron chi connectivity index (χ3n) is 5.10. The van der Waals surface area contributed by atoms with Crippen molar-refractivity contribution >= 4 is 31.9 Å². The molecule has 2 rings (SSSR count). The van der Waals surface area contributed by atoms with Crippen LogP contribution in [-0.4, -0.2) is 33.6 Å². The number of fused-ring (bicyclic) bond motifs is 1. The smallest absolute Gasteiger partial charge is 0.0911 e. The number of aliphatic hydroxyl groups is 1. The monoisotopic (exact) mass is 394 g/mol. The molecule has 110 valence electrons. The molecular formula is C15H24Br2O2. The summed E-state index contributed by atoms with van der Waals surface area (Å²) in [4.78, 5) is 0.535.